The van der Waals surface area contributed by atoms with E-state index in [2.05, 4.69) is 28.6 Å². The molecule has 2 aromatic heterocycles. The lowest BCUT2D eigenvalue weighted by molar-refractivity contribution is 0.393. The first-order valence-electron chi connectivity index (χ1n) is 7.53. The predicted molar refractivity (Wildman–Crippen MR) is 90.9 cm³/mol. The van der Waals surface area contributed by atoms with Crippen LogP contribution in [0.1, 0.15) is 22.8 Å². The summed E-state index contributed by atoms with van der Waals surface area (Å²) in [6, 6.07) is 5.86. The number of rotatable bonds is 3. The Balaban J connectivity index is 2.38. The minimum atomic E-state index is 0.770. The van der Waals surface area contributed by atoms with Crippen molar-refractivity contribution >= 4 is 10.8 Å². The van der Waals surface area contributed by atoms with Crippen LogP contribution in [0.3, 0.4) is 0 Å². The summed E-state index contributed by atoms with van der Waals surface area (Å²) in [5.74, 6) is 1.54. The van der Waals surface area contributed by atoms with Gasteiger partial charge in [0.25, 0.3) is 0 Å². The minimum Gasteiger partial charge on any atom is -0.497 e. The van der Waals surface area contributed by atoms with E-state index in [1.807, 2.05) is 32.0 Å². The molecule has 0 aliphatic rings. The van der Waals surface area contributed by atoms with Crippen LogP contribution in [0.4, 0.5) is 0 Å². The van der Waals surface area contributed by atoms with Crippen molar-refractivity contribution in [3.8, 4) is 17.2 Å². The maximum atomic E-state index is 5.58. The zero-order chi connectivity index (χ0) is 16.7. The van der Waals surface area contributed by atoms with Crippen LogP contribution in [-0.2, 0) is 0 Å². The Morgan fingerprint density at radius 1 is 0.826 bits per heavy atom. The molecule has 0 atom stereocenters. The summed E-state index contributed by atoms with van der Waals surface area (Å²) in [6.07, 6.45) is 0. The highest BCUT2D eigenvalue weighted by molar-refractivity contribution is 5.92. The summed E-state index contributed by atoms with van der Waals surface area (Å²) in [4.78, 5) is 0. The Hall–Kier alpha value is -2.56. The molecule has 0 radical (unpaired) electrons. The fraction of sp³-hybridized carbons (Fsp3) is 0.333. The van der Waals surface area contributed by atoms with Crippen LogP contribution in [0.25, 0.3) is 16.5 Å². The topological polar surface area (TPSA) is 49.2 Å². The van der Waals surface area contributed by atoms with E-state index in [9.17, 15) is 0 Å². The fourth-order valence-electron chi connectivity index (χ4n) is 3.30. The number of hydrogen-bond acceptors (Lipinski definition) is 4. The van der Waals surface area contributed by atoms with E-state index in [1.54, 1.807) is 14.2 Å². The van der Waals surface area contributed by atoms with E-state index < -0.39 is 0 Å². The van der Waals surface area contributed by atoms with Gasteiger partial charge in [-0.05, 0) is 39.8 Å². The Morgan fingerprint density at radius 2 is 1.39 bits per heavy atom. The van der Waals surface area contributed by atoms with Crippen LogP contribution in [0.2, 0.25) is 0 Å². The first kappa shape index (κ1) is 15.3. The lowest BCUT2D eigenvalue weighted by Gasteiger charge is -2.15. The van der Waals surface area contributed by atoms with Crippen LogP contribution in [-0.4, -0.2) is 29.0 Å². The highest BCUT2D eigenvalue weighted by Crippen LogP contribution is 2.35. The molecule has 0 amide bonds. The Morgan fingerprint density at radius 3 is 1.87 bits per heavy atom. The first-order valence-corrected chi connectivity index (χ1v) is 7.53. The number of methoxy groups -OCH3 is 2. The Kier molecular flexibility index (Phi) is 3.72. The molecule has 3 rings (SSSR count). The molecule has 0 unspecified atom stereocenters. The highest BCUT2D eigenvalue weighted by atomic mass is 16.5. The fourth-order valence-corrected chi connectivity index (χ4v) is 3.30. The largest absolute Gasteiger partial charge is 0.497 e. The van der Waals surface area contributed by atoms with Crippen molar-refractivity contribution in [3.05, 3.63) is 41.0 Å². The lowest BCUT2D eigenvalue weighted by atomic mass is 10.1. The predicted octanol–water partition coefficient (Wildman–Crippen LogP) is 3.67. The van der Waals surface area contributed by atoms with Crippen molar-refractivity contribution in [2.45, 2.75) is 27.7 Å². The monoisotopic (exact) mass is 311 g/mol. The Labute approximate surface area is 135 Å². The van der Waals surface area contributed by atoms with Crippen molar-refractivity contribution in [2.75, 3.05) is 14.2 Å². The molecule has 120 valence electrons. The molecule has 0 fully saturated rings. The van der Waals surface area contributed by atoms with E-state index in [0.29, 0.717) is 0 Å². The molecule has 5 nitrogen and oxygen atoms in total. The molecule has 3 aromatic rings. The second-order valence-corrected chi connectivity index (χ2v) is 5.66. The number of hydrogen-bond donors (Lipinski definition) is 0. The number of ether oxygens (including phenoxy) is 2. The molecule has 0 saturated heterocycles. The standard InChI is InChI=1S/C18H21N3O2/c1-10-17-12(3)21(13(4)18(17)11(2)20-19-10)15-8-7-14(22-5)9-16(15)23-6/h7-9H,1-6H3. The van der Waals surface area contributed by atoms with Crippen LogP contribution in [0, 0.1) is 27.7 Å². The number of nitrogens with zero attached hydrogens (tertiary/aromatic N) is 3. The number of benzene rings is 1. The summed E-state index contributed by atoms with van der Waals surface area (Å²) in [6.45, 7) is 8.20. The molecule has 1 aromatic carbocycles. The molecule has 23 heavy (non-hydrogen) atoms. The van der Waals surface area contributed by atoms with Crippen molar-refractivity contribution < 1.29 is 9.47 Å². The van der Waals surface area contributed by atoms with Crippen LogP contribution < -0.4 is 9.47 Å². The molecule has 5 heteroatoms. The summed E-state index contributed by atoms with van der Waals surface area (Å²) >= 11 is 0. The van der Waals surface area contributed by atoms with Crippen molar-refractivity contribution in [2.24, 2.45) is 0 Å². The summed E-state index contributed by atoms with van der Waals surface area (Å²) in [5, 5.41) is 10.9. The van der Waals surface area contributed by atoms with E-state index in [-0.39, 0.29) is 0 Å². The van der Waals surface area contributed by atoms with Gasteiger partial charge in [0.15, 0.2) is 0 Å². The zero-order valence-corrected chi connectivity index (χ0v) is 14.4. The van der Waals surface area contributed by atoms with Gasteiger partial charge in [0.2, 0.25) is 0 Å². The normalized spacial score (nSPS) is 11.0. The van der Waals surface area contributed by atoms with Gasteiger partial charge in [-0.25, -0.2) is 0 Å². The van der Waals surface area contributed by atoms with Gasteiger partial charge in [-0.3, -0.25) is 0 Å². The van der Waals surface area contributed by atoms with Gasteiger partial charge in [-0.1, -0.05) is 0 Å². The van der Waals surface area contributed by atoms with Crippen LogP contribution in [0.15, 0.2) is 18.2 Å². The molecule has 0 bridgehead atoms. The summed E-state index contributed by atoms with van der Waals surface area (Å²) < 4.78 is 13.1. The van der Waals surface area contributed by atoms with Gasteiger partial charge in [0, 0.05) is 28.2 Å². The van der Waals surface area contributed by atoms with E-state index in [1.165, 1.54) is 0 Å². The van der Waals surface area contributed by atoms with Gasteiger partial charge in [-0.15, -0.1) is 0 Å². The molecule has 2 heterocycles. The van der Waals surface area contributed by atoms with Crippen molar-refractivity contribution in [1.82, 2.24) is 14.8 Å². The number of aromatic nitrogens is 3. The van der Waals surface area contributed by atoms with E-state index in [0.717, 1.165) is 50.7 Å². The lowest BCUT2D eigenvalue weighted by Crippen LogP contribution is -2.02. The maximum absolute atomic E-state index is 5.58. The van der Waals surface area contributed by atoms with Gasteiger partial charge < -0.3 is 14.0 Å². The van der Waals surface area contributed by atoms with E-state index >= 15 is 0 Å². The second kappa shape index (κ2) is 5.57. The summed E-state index contributed by atoms with van der Waals surface area (Å²) in [7, 11) is 3.32. The van der Waals surface area contributed by atoms with Gasteiger partial charge in [0.1, 0.15) is 11.5 Å². The molecule has 0 spiro atoms. The third-order valence-corrected chi connectivity index (χ3v) is 4.35. The first-order chi connectivity index (χ1) is 11.0. The second-order valence-electron chi connectivity index (χ2n) is 5.66. The van der Waals surface area contributed by atoms with Crippen molar-refractivity contribution in [3.63, 3.8) is 0 Å². The summed E-state index contributed by atoms with van der Waals surface area (Å²) in [5.41, 5.74) is 5.14. The zero-order valence-electron chi connectivity index (χ0n) is 14.4. The third kappa shape index (κ3) is 2.23. The average Bonchev–Trinajstić information content (AvgIpc) is 2.82. The molecule has 0 aliphatic carbocycles. The number of aryl methyl sites for hydroxylation is 4. The minimum absolute atomic E-state index is 0.770. The molecule has 0 aliphatic heterocycles. The van der Waals surface area contributed by atoms with Crippen LogP contribution in [0.5, 0.6) is 11.5 Å². The number of fused-ring (bicyclic) bond motifs is 1. The molecule has 0 N–H and O–H groups in total. The third-order valence-electron chi connectivity index (χ3n) is 4.35. The Bertz CT molecular complexity index is 852. The molecule has 0 saturated carbocycles. The van der Waals surface area contributed by atoms with Gasteiger partial charge >= 0.3 is 0 Å². The molecular formula is C18H21N3O2. The highest BCUT2D eigenvalue weighted by Gasteiger charge is 2.19. The van der Waals surface area contributed by atoms with Gasteiger partial charge in [-0.2, -0.15) is 10.2 Å². The maximum Gasteiger partial charge on any atom is 0.146 e. The van der Waals surface area contributed by atoms with Crippen molar-refractivity contribution in [1.29, 1.82) is 0 Å². The van der Waals surface area contributed by atoms with E-state index in [4.69, 9.17) is 9.47 Å². The van der Waals surface area contributed by atoms with Gasteiger partial charge in [0.05, 0.1) is 31.3 Å². The quantitative estimate of drug-likeness (QED) is 0.740. The smallest absolute Gasteiger partial charge is 0.146 e. The van der Waals surface area contributed by atoms with Crippen LogP contribution >= 0.6 is 0 Å². The SMILES string of the molecule is COc1ccc(-n2c(C)c3c(C)nnc(C)c3c2C)c(OC)c1. The molecular weight excluding hydrogens is 290 g/mol. The average molecular weight is 311 g/mol.